The molecule has 1 saturated carbocycles. The molecule has 3 aliphatic rings. The lowest BCUT2D eigenvalue weighted by Gasteiger charge is -2.34. The SMILES string of the molecule is CC(C)(C)OC(=O)N1CCCC(n2cc(-c3cc4c(-c5cccc(N6CCOc7cc(C8CC8)cc(F)c7C6=O)c5CO)ncnc4[nH]3)cn2)C1. The molecule has 3 aromatic heterocycles. The fourth-order valence-corrected chi connectivity index (χ4v) is 7.15. The first-order valence-electron chi connectivity index (χ1n) is 17.5. The number of aromatic nitrogens is 5. The maximum absolute atomic E-state index is 15.5. The van der Waals surface area contributed by atoms with Gasteiger partial charge in [0.2, 0.25) is 0 Å². The van der Waals surface area contributed by atoms with Crippen molar-refractivity contribution in [1.82, 2.24) is 29.6 Å². The van der Waals surface area contributed by atoms with Gasteiger partial charge in [-0.15, -0.1) is 0 Å². The standard InChI is InChI=1S/C38H40FN7O5/c1-38(2,3)51-37(49)44-11-5-6-25(19-44)46-18-24(17-42-46)30-16-27-34(40-21-41-35(27)43-30)26-7-4-8-31(28(26)20-47)45-12-13-50-32-15-23(22-9-10-22)14-29(39)33(32)36(45)48/h4,7-8,14-18,21-22,25,47H,5-6,9-13,19-20H2,1-3H3,(H,40,41,43). The number of amides is 2. The number of aromatic amines is 1. The van der Waals surface area contributed by atoms with Crippen molar-refractivity contribution in [3.8, 4) is 28.3 Å². The molecular weight excluding hydrogens is 653 g/mol. The van der Waals surface area contributed by atoms with Crippen molar-refractivity contribution in [2.45, 2.75) is 70.6 Å². The Labute approximate surface area is 294 Å². The fraction of sp³-hybridized carbons (Fsp3) is 0.395. The summed E-state index contributed by atoms with van der Waals surface area (Å²) in [6.07, 6.45) is 8.61. The summed E-state index contributed by atoms with van der Waals surface area (Å²) in [7, 11) is 0. The predicted octanol–water partition coefficient (Wildman–Crippen LogP) is 6.61. The van der Waals surface area contributed by atoms with E-state index in [9.17, 15) is 14.7 Å². The number of aliphatic hydroxyl groups excluding tert-OH is 1. The minimum absolute atomic E-state index is 0.00221. The number of nitrogens with zero attached hydrogens (tertiary/aromatic N) is 6. The van der Waals surface area contributed by atoms with E-state index in [1.807, 2.05) is 43.8 Å². The van der Waals surface area contributed by atoms with E-state index in [0.29, 0.717) is 47.2 Å². The van der Waals surface area contributed by atoms with Crippen LogP contribution in [0.4, 0.5) is 14.9 Å². The van der Waals surface area contributed by atoms with E-state index in [2.05, 4.69) is 20.1 Å². The van der Waals surface area contributed by atoms with Crippen LogP contribution < -0.4 is 9.64 Å². The average Bonchev–Trinajstić information content (AvgIpc) is 3.72. The summed E-state index contributed by atoms with van der Waals surface area (Å²) in [6, 6.07) is 10.6. The van der Waals surface area contributed by atoms with Crippen LogP contribution in [0.25, 0.3) is 33.5 Å². The molecule has 2 N–H and O–H groups in total. The van der Waals surface area contributed by atoms with Crippen molar-refractivity contribution >= 4 is 28.7 Å². The average molecular weight is 694 g/mol. The number of likely N-dealkylation sites (tertiary alicyclic amines) is 1. The molecule has 1 atom stereocenters. The largest absolute Gasteiger partial charge is 0.491 e. The zero-order chi connectivity index (χ0) is 35.4. The number of halogens is 1. The van der Waals surface area contributed by atoms with E-state index in [0.717, 1.165) is 47.9 Å². The Morgan fingerprint density at radius 1 is 1.14 bits per heavy atom. The number of nitrogens with one attached hydrogen (secondary N) is 1. The summed E-state index contributed by atoms with van der Waals surface area (Å²) < 4.78 is 28.9. The molecule has 5 aromatic rings. The number of benzene rings is 2. The summed E-state index contributed by atoms with van der Waals surface area (Å²) in [5, 5.41) is 16.1. The van der Waals surface area contributed by atoms with E-state index in [4.69, 9.17) is 9.47 Å². The zero-order valence-corrected chi connectivity index (χ0v) is 28.9. The summed E-state index contributed by atoms with van der Waals surface area (Å²) in [5.74, 6) is -0.549. The number of anilines is 1. The van der Waals surface area contributed by atoms with E-state index < -0.39 is 17.3 Å². The van der Waals surface area contributed by atoms with Crippen LogP contribution in [0, 0.1) is 5.82 Å². The van der Waals surface area contributed by atoms with E-state index >= 15 is 4.39 Å². The lowest BCUT2D eigenvalue weighted by molar-refractivity contribution is 0.0167. The lowest BCUT2D eigenvalue weighted by atomic mass is 9.99. The molecule has 5 heterocycles. The van der Waals surface area contributed by atoms with Gasteiger partial charge in [-0.2, -0.15) is 5.10 Å². The third-order valence-electron chi connectivity index (χ3n) is 9.77. The van der Waals surface area contributed by atoms with Gasteiger partial charge in [0.05, 0.1) is 42.5 Å². The van der Waals surface area contributed by atoms with Gasteiger partial charge in [0.1, 0.15) is 41.3 Å². The number of hydrogen-bond donors (Lipinski definition) is 2. The highest BCUT2D eigenvalue weighted by molar-refractivity contribution is 6.09. The smallest absolute Gasteiger partial charge is 0.410 e. The van der Waals surface area contributed by atoms with Gasteiger partial charge < -0.3 is 29.4 Å². The first kappa shape index (κ1) is 32.9. The third-order valence-corrected chi connectivity index (χ3v) is 9.77. The molecule has 1 unspecified atom stereocenters. The maximum atomic E-state index is 15.5. The number of carbonyl (C=O) groups excluding carboxylic acids is 2. The van der Waals surface area contributed by atoms with Crippen molar-refractivity contribution in [1.29, 1.82) is 0 Å². The van der Waals surface area contributed by atoms with E-state index in [-0.39, 0.29) is 43.2 Å². The molecular formula is C38H40FN7O5. The fourth-order valence-electron chi connectivity index (χ4n) is 7.15. The minimum Gasteiger partial charge on any atom is -0.491 e. The number of fused-ring (bicyclic) bond motifs is 2. The van der Waals surface area contributed by atoms with Gasteiger partial charge in [-0.05, 0) is 82.2 Å². The Hall–Kier alpha value is -5.30. The Balaban J connectivity index is 1.09. The maximum Gasteiger partial charge on any atom is 0.410 e. The second-order valence-corrected chi connectivity index (χ2v) is 14.5. The molecule has 12 nitrogen and oxygen atoms in total. The number of H-pyrrole nitrogens is 1. The molecule has 0 spiro atoms. The van der Waals surface area contributed by atoms with Crippen LogP contribution in [0.3, 0.4) is 0 Å². The highest BCUT2D eigenvalue weighted by Crippen LogP contribution is 2.43. The van der Waals surface area contributed by atoms with Crippen LogP contribution in [0.5, 0.6) is 5.75 Å². The Morgan fingerprint density at radius 2 is 1.98 bits per heavy atom. The van der Waals surface area contributed by atoms with Crippen LogP contribution in [-0.2, 0) is 11.3 Å². The highest BCUT2D eigenvalue weighted by atomic mass is 19.1. The quantitative estimate of drug-likeness (QED) is 0.203. The van der Waals surface area contributed by atoms with Gasteiger partial charge in [-0.1, -0.05) is 12.1 Å². The van der Waals surface area contributed by atoms with Crippen LogP contribution in [-0.4, -0.2) is 78.6 Å². The summed E-state index contributed by atoms with van der Waals surface area (Å²) in [4.78, 5) is 42.4. The first-order valence-corrected chi connectivity index (χ1v) is 17.5. The second-order valence-electron chi connectivity index (χ2n) is 14.5. The number of piperidine rings is 1. The van der Waals surface area contributed by atoms with E-state index in [1.165, 1.54) is 17.3 Å². The molecule has 2 aliphatic heterocycles. The van der Waals surface area contributed by atoms with Crippen LogP contribution in [0.2, 0.25) is 0 Å². The van der Waals surface area contributed by atoms with Gasteiger partial charge in [0.15, 0.2) is 0 Å². The first-order chi connectivity index (χ1) is 24.6. The van der Waals surface area contributed by atoms with Crippen LogP contribution in [0.1, 0.15) is 79.9 Å². The van der Waals surface area contributed by atoms with Crippen molar-refractivity contribution in [3.05, 3.63) is 77.6 Å². The van der Waals surface area contributed by atoms with Gasteiger partial charge in [0, 0.05) is 41.4 Å². The molecule has 0 bridgehead atoms. The summed E-state index contributed by atoms with van der Waals surface area (Å²) in [6.45, 7) is 6.70. The molecule has 0 radical (unpaired) electrons. The Morgan fingerprint density at radius 3 is 2.76 bits per heavy atom. The van der Waals surface area contributed by atoms with Gasteiger partial charge in [-0.25, -0.2) is 19.2 Å². The van der Waals surface area contributed by atoms with Crippen molar-refractivity contribution in [3.63, 3.8) is 0 Å². The number of carbonyl (C=O) groups is 2. The van der Waals surface area contributed by atoms with Crippen LogP contribution in [0.15, 0.2) is 55.1 Å². The molecule has 2 aromatic carbocycles. The molecule has 2 amide bonds. The molecule has 13 heteroatoms. The third kappa shape index (κ3) is 6.30. The topological polar surface area (TPSA) is 139 Å². The molecule has 1 saturated heterocycles. The van der Waals surface area contributed by atoms with E-state index in [1.54, 1.807) is 29.3 Å². The zero-order valence-electron chi connectivity index (χ0n) is 28.9. The monoisotopic (exact) mass is 693 g/mol. The second kappa shape index (κ2) is 12.8. The molecule has 264 valence electrons. The van der Waals surface area contributed by atoms with Crippen LogP contribution >= 0.6 is 0 Å². The molecule has 2 fully saturated rings. The number of aliphatic hydroxyl groups is 1. The number of ether oxygens (including phenoxy) is 2. The number of rotatable bonds is 6. The van der Waals surface area contributed by atoms with Crippen molar-refractivity contribution in [2.75, 3.05) is 31.1 Å². The minimum atomic E-state index is -0.599. The van der Waals surface area contributed by atoms with Gasteiger partial charge >= 0.3 is 6.09 Å². The van der Waals surface area contributed by atoms with Gasteiger partial charge in [0.25, 0.3) is 5.91 Å². The highest BCUT2D eigenvalue weighted by Gasteiger charge is 2.34. The molecule has 1 aliphatic carbocycles. The summed E-state index contributed by atoms with van der Waals surface area (Å²) in [5.41, 5.74) is 4.52. The lowest BCUT2D eigenvalue weighted by Crippen LogP contribution is -2.43. The predicted molar refractivity (Wildman–Crippen MR) is 188 cm³/mol. The molecule has 51 heavy (non-hydrogen) atoms. The summed E-state index contributed by atoms with van der Waals surface area (Å²) >= 11 is 0. The Bertz CT molecular complexity index is 2150. The van der Waals surface area contributed by atoms with Gasteiger partial charge in [-0.3, -0.25) is 9.48 Å². The Kier molecular flexibility index (Phi) is 8.24. The number of hydrogen-bond acceptors (Lipinski definition) is 8. The molecule has 8 rings (SSSR count). The normalized spacial score (nSPS) is 18.1. The van der Waals surface area contributed by atoms with Crippen molar-refractivity contribution < 1.29 is 28.6 Å². The van der Waals surface area contributed by atoms with Crippen molar-refractivity contribution in [2.24, 2.45) is 0 Å².